The van der Waals surface area contributed by atoms with E-state index in [1.807, 2.05) is 59.8 Å². The summed E-state index contributed by atoms with van der Waals surface area (Å²) < 4.78 is 6.28. The molecule has 1 heterocycles. The minimum Gasteiger partial charge on any atom is -0.508 e. The molecule has 0 aliphatic heterocycles. The lowest BCUT2D eigenvalue weighted by Gasteiger charge is -2.17. The third-order valence-corrected chi connectivity index (χ3v) is 5.94. The summed E-state index contributed by atoms with van der Waals surface area (Å²) in [6, 6.07) is 4.04. The summed E-state index contributed by atoms with van der Waals surface area (Å²) in [6.45, 7) is 11.5. The molecule has 0 saturated heterocycles. The lowest BCUT2D eigenvalue weighted by Crippen LogP contribution is -2.13. The van der Waals surface area contributed by atoms with Crippen molar-refractivity contribution in [2.24, 2.45) is 0 Å². The highest BCUT2D eigenvalue weighted by Crippen LogP contribution is 2.43. The van der Waals surface area contributed by atoms with E-state index in [-0.39, 0.29) is 75.7 Å². The van der Waals surface area contributed by atoms with Crippen LogP contribution in [-0.2, 0) is 19.3 Å². The van der Waals surface area contributed by atoms with Gasteiger partial charge in [-0.15, -0.1) is 0 Å². The molecule has 0 fully saturated rings. The normalized spacial score (nSPS) is 10.8. The van der Waals surface area contributed by atoms with Gasteiger partial charge < -0.3 is 24.8 Å². The van der Waals surface area contributed by atoms with Gasteiger partial charge in [0.2, 0.25) is 5.43 Å². The molecule has 1 aromatic heterocycles. The molecule has 0 atom stereocenters. The number of benzene rings is 2. The summed E-state index contributed by atoms with van der Waals surface area (Å²) in [5, 5.41) is 42.8. The lowest BCUT2D eigenvalue weighted by atomic mass is 9.94. The van der Waals surface area contributed by atoms with Crippen molar-refractivity contribution in [1.29, 1.82) is 0 Å². The molecule has 3 rings (SSSR count). The van der Waals surface area contributed by atoms with Crippen molar-refractivity contribution < 1.29 is 24.8 Å². The van der Waals surface area contributed by atoms with Crippen molar-refractivity contribution >= 4 is 11.0 Å². The first kappa shape index (κ1) is 26.7. The minimum atomic E-state index is -0.439. The highest BCUT2D eigenvalue weighted by molar-refractivity contribution is 5.92. The number of phenols is 4. The molecule has 3 aromatic rings. The average molecular weight is 491 g/mol. The molecule has 0 amide bonds. The second kappa shape index (κ2) is 10.8. The Kier molecular flexibility index (Phi) is 7.98. The third-order valence-electron chi connectivity index (χ3n) is 5.94. The van der Waals surface area contributed by atoms with Crippen LogP contribution in [-0.4, -0.2) is 20.4 Å². The zero-order valence-corrected chi connectivity index (χ0v) is 21.7. The van der Waals surface area contributed by atoms with Gasteiger partial charge in [-0.25, -0.2) is 0 Å². The summed E-state index contributed by atoms with van der Waals surface area (Å²) in [4.78, 5) is 13.9. The van der Waals surface area contributed by atoms with Crippen molar-refractivity contribution in [3.8, 4) is 34.3 Å². The molecule has 36 heavy (non-hydrogen) atoms. The van der Waals surface area contributed by atoms with Gasteiger partial charge in [-0.3, -0.25) is 4.79 Å². The number of hydrogen-bond acceptors (Lipinski definition) is 6. The Bertz CT molecular complexity index is 1460. The molecule has 0 unspecified atom stereocenters. The smallest absolute Gasteiger partial charge is 0.200 e. The van der Waals surface area contributed by atoms with Gasteiger partial charge >= 0.3 is 0 Å². The monoisotopic (exact) mass is 490 g/mol. The summed E-state index contributed by atoms with van der Waals surface area (Å²) >= 11 is 0. The van der Waals surface area contributed by atoms with Gasteiger partial charge in [0.15, 0.2) is 0 Å². The van der Waals surface area contributed by atoms with Crippen LogP contribution in [0, 0.1) is 0 Å². The fourth-order valence-electron chi connectivity index (χ4n) is 3.97. The Morgan fingerprint density at radius 3 is 1.81 bits per heavy atom. The molecule has 0 radical (unpaired) electrons. The zero-order valence-electron chi connectivity index (χ0n) is 21.7. The summed E-state index contributed by atoms with van der Waals surface area (Å²) in [5.41, 5.74) is 3.76. The van der Waals surface area contributed by atoms with Crippen LogP contribution in [0.4, 0.5) is 0 Å². The molecule has 6 nitrogen and oxygen atoms in total. The second-order valence-corrected chi connectivity index (χ2v) is 9.76. The maximum absolute atomic E-state index is 13.9. The topological polar surface area (TPSA) is 111 Å². The van der Waals surface area contributed by atoms with Crippen LogP contribution in [0.3, 0.4) is 0 Å². The molecule has 4 N–H and O–H groups in total. The van der Waals surface area contributed by atoms with Crippen LogP contribution in [0.15, 0.2) is 62.4 Å². The summed E-state index contributed by atoms with van der Waals surface area (Å²) in [5.74, 6) is -0.702. The van der Waals surface area contributed by atoms with E-state index in [0.717, 1.165) is 16.7 Å². The molecule has 0 aliphatic rings. The highest BCUT2D eigenvalue weighted by Gasteiger charge is 2.26. The maximum Gasteiger partial charge on any atom is 0.200 e. The van der Waals surface area contributed by atoms with Gasteiger partial charge in [-0.05, 0) is 72.9 Å². The fourth-order valence-corrected chi connectivity index (χ4v) is 3.97. The van der Waals surface area contributed by atoms with Gasteiger partial charge in [0, 0.05) is 22.8 Å². The van der Waals surface area contributed by atoms with Gasteiger partial charge in [0.25, 0.3) is 0 Å². The average Bonchev–Trinajstić information content (AvgIpc) is 2.77. The molecule has 0 spiro atoms. The van der Waals surface area contributed by atoms with Crippen LogP contribution >= 0.6 is 0 Å². The Balaban J connectivity index is 2.52. The number of hydrogen-bond donors (Lipinski definition) is 4. The van der Waals surface area contributed by atoms with Gasteiger partial charge in [-0.1, -0.05) is 34.9 Å². The highest BCUT2D eigenvalue weighted by atomic mass is 16.3. The van der Waals surface area contributed by atoms with Crippen molar-refractivity contribution in [3.05, 3.63) is 80.1 Å². The van der Waals surface area contributed by atoms with Crippen molar-refractivity contribution in [3.63, 3.8) is 0 Å². The number of aromatic hydroxyl groups is 4. The number of allylic oxidation sites excluding steroid dienone is 6. The Morgan fingerprint density at radius 2 is 1.28 bits per heavy atom. The van der Waals surface area contributed by atoms with E-state index in [1.54, 1.807) is 0 Å². The molecular formula is C30H34O6. The third kappa shape index (κ3) is 5.48. The molecule has 0 aliphatic carbocycles. The standard InChI is InChI=1S/C30H34O6/c1-16(2)7-11-21-26(33)22(12-8-17(3)4)30-25(27(21)34)28(35)23(13-9-18(5)6)29(36-30)20-14-10-19(31)15-24(20)32/h7-10,14-15,31-34H,11-13H2,1-6H3. The van der Waals surface area contributed by atoms with E-state index >= 15 is 0 Å². The van der Waals surface area contributed by atoms with Crippen molar-refractivity contribution in [2.75, 3.05) is 0 Å². The molecule has 6 heteroatoms. The van der Waals surface area contributed by atoms with Crippen molar-refractivity contribution in [1.82, 2.24) is 0 Å². The van der Waals surface area contributed by atoms with Crippen LogP contribution in [0.2, 0.25) is 0 Å². The van der Waals surface area contributed by atoms with Crippen LogP contribution in [0.1, 0.15) is 58.2 Å². The maximum atomic E-state index is 13.9. The Morgan fingerprint density at radius 1 is 0.750 bits per heavy atom. The van der Waals surface area contributed by atoms with E-state index in [2.05, 4.69) is 0 Å². The van der Waals surface area contributed by atoms with Crippen LogP contribution in [0.5, 0.6) is 23.0 Å². The summed E-state index contributed by atoms with van der Waals surface area (Å²) in [7, 11) is 0. The molecule has 2 aromatic carbocycles. The van der Waals surface area contributed by atoms with E-state index < -0.39 is 5.43 Å². The quantitative estimate of drug-likeness (QED) is 0.271. The first-order valence-electron chi connectivity index (χ1n) is 11.9. The molecule has 0 saturated carbocycles. The first-order valence-corrected chi connectivity index (χ1v) is 11.9. The second-order valence-electron chi connectivity index (χ2n) is 9.76. The van der Waals surface area contributed by atoms with Gasteiger partial charge in [0.1, 0.15) is 39.7 Å². The van der Waals surface area contributed by atoms with Crippen LogP contribution < -0.4 is 5.43 Å². The number of phenolic OH excluding ortho intramolecular Hbond substituents is 4. The van der Waals surface area contributed by atoms with E-state index in [1.165, 1.54) is 18.2 Å². The Hall–Kier alpha value is -3.93. The van der Waals surface area contributed by atoms with Gasteiger partial charge in [0.05, 0.1) is 5.56 Å². The predicted octanol–water partition coefficient (Wildman–Crippen LogP) is 6.81. The van der Waals surface area contributed by atoms with E-state index in [9.17, 15) is 25.2 Å². The molecule has 0 bridgehead atoms. The van der Waals surface area contributed by atoms with Gasteiger partial charge in [-0.2, -0.15) is 0 Å². The summed E-state index contributed by atoms with van der Waals surface area (Å²) in [6.07, 6.45) is 6.39. The van der Waals surface area contributed by atoms with Crippen LogP contribution in [0.25, 0.3) is 22.3 Å². The molecular weight excluding hydrogens is 456 g/mol. The van der Waals surface area contributed by atoms with E-state index in [0.29, 0.717) is 5.56 Å². The first-order chi connectivity index (χ1) is 16.9. The minimum absolute atomic E-state index is 0.00119. The molecule has 190 valence electrons. The lowest BCUT2D eigenvalue weighted by molar-refractivity contribution is 0.438. The zero-order chi connectivity index (χ0) is 26.7. The number of fused-ring (bicyclic) bond motifs is 1. The SMILES string of the molecule is CC(C)=CCc1c(O)c(CC=C(C)C)c2oc(-c3ccc(O)cc3O)c(CC=C(C)C)c(=O)c2c1O. The van der Waals surface area contributed by atoms with E-state index in [4.69, 9.17) is 4.42 Å². The predicted molar refractivity (Wildman–Crippen MR) is 144 cm³/mol. The fraction of sp³-hybridized carbons (Fsp3) is 0.300. The van der Waals surface area contributed by atoms with Crippen molar-refractivity contribution in [2.45, 2.75) is 60.8 Å². The largest absolute Gasteiger partial charge is 0.508 e. The number of rotatable bonds is 7. The Labute approximate surface area is 211 Å².